The molecule has 0 fully saturated rings. The highest BCUT2D eigenvalue weighted by Gasteiger charge is 2.30. The van der Waals surface area contributed by atoms with Crippen molar-refractivity contribution >= 4 is 17.4 Å². The van der Waals surface area contributed by atoms with Gasteiger partial charge in [0.25, 0.3) is 6.43 Å². The third-order valence-corrected chi connectivity index (χ3v) is 4.71. The number of carbonyl (C=O) groups is 1. The average Bonchev–Trinajstić information content (AvgIpc) is 3.03. The fourth-order valence-electron chi connectivity index (χ4n) is 3.36. The summed E-state index contributed by atoms with van der Waals surface area (Å²) in [6.45, 7) is 3.62. The number of carbonyl (C=O) groups excluding carboxylic acids is 1. The van der Waals surface area contributed by atoms with E-state index in [2.05, 4.69) is 10.2 Å². The van der Waals surface area contributed by atoms with Crippen molar-refractivity contribution in [3.8, 4) is 5.75 Å². The Hall–Kier alpha value is -2.64. The molecule has 0 saturated heterocycles. The van der Waals surface area contributed by atoms with Crippen molar-refractivity contribution in [3.63, 3.8) is 0 Å². The maximum atomic E-state index is 13.1. The molecule has 1 N–H and O–H groups in total. The molecule has 25 heavy (non-hydrogen) atoms. The highest BCUT2D eigenvalue weighted by Crippen LogP contribution is 2.40. The number of benzene rings is 1. The molecule has 4 rings (SSSR count). The van der Waals surface area contributed by atoms with Crippen LogP contribution in [-0.4, -0.2) is 40.7 Å². The van der Waals surface area contributed by atoms with Gasteiger partial charge < -0.3 is 14.5 Å². The quantitative estimate of drug-likeness (QED) is 0.907. The Labute approximate surface area is 143 Å². The number of nitrogens with one attached hydrogen (secondary N) is 1. The van der Waals surface area contributed by atoms with Gasteiger partial charge in [-0.25, -0.2) is 8.78 Å². The minimum atomic E-state index is -2.55. The normalized spacial score (nSPS) is 16.5. The van der Waals surface area contributed by atoms with Crippen molar-refractivity contribution in [1.29, 1.82) is 0 Å². The minimum absolute atomic E-state index is 0.0140. The Kier molecular flexibility index (Phi) is 3.82. The van der Waals surface area contributed by atoms with Gasteiger partial charge in [-0.3, -0.25) is 9.89 Å². The molecule has 2 aliphatic rings. The van der Waals surface area contributed by atoms with Gasteiger partial charge in [0, 0.05) is 36.7 Å². The van der Waals surface area contributed by atoms with E-state index in [0.717, 1.165) is 11.3 Å². The van der Waals surface area contributed by atoms with Crippen molar-refractivity contribution < 1.29 is 18.3 Å². The summed E-state index contributed by atoms with van der Waals surface area (Å²) in [6.07, 6.45) is -1.84. The van der Waals surface area contributed by atoms with Crippen molar-refractivity contribution in [2.24, 2.45) is 0 Å². The summed E-state index contributed by atoms with van der Waals surface area (Å²) in [7, 11) is 0. The lowest BCUT2D eigenvalue weighted by molar-refractivity contribution is -0.129. The smallest absolute Gasteiger partial charge is 0.263 e. The zero-order chi connectivity index (χ0) is 17.6. The summed E-state index contributed by atoms with van der Waals surface area (Å²) in [4.78, 5) is 15.4. The number of H-pyrrole nitrogens is 1. The Morgan fingerprint density at radius 1 is 1.36 bits per heavy atom. The summed E-state index contributed by atoms with van der Waals surface area (Å²) < 4.78 is 31.8. The van der Waals surface area contributed by atoms with Gasteiger partial charge in [0.05, 0.1) is 18.8 Å². The molecular formula is C17H18F2N4O2. The van der Waals surface area contributed by atoms with E-state index in [-0.39, 0.29) is 11.5 Å². The lowest BCUT2D eigenvalue weighted by Gasteiger charge is -2.32. The molecule has 1 amide bonds. The second kappa shape index (κ2) is 6.02. The number of alkyl halides is 2. The molecule has 6 nitrogen and oxygen atoms in total. The molecule has 8 heteroatoms. The third kappa shape index (κ3) is 2.71. The SMILES string of the molecule is CC(=O)N1CCc2[nH]nc(N3CCOc4ccc(C(F)F)cc43)c2C1. The fourth-order valence-corrected chi connectivity index (χ4v) is 3.36. The van der Waals surface area contributed by atoms with Crippen LogP contribution in [0.2, 0.25) is 0 Å². The van der Waals surface area contributed by atoms with Crippen LogP contribution < -0.4 is 9.64 Å². The van der Waals surface area contributed by atoms with Crippen molar-refractivity contribution in [3.05, 3.63) is 35.0 Å². The largest absolute Gasteiger partial charge is 0.490 e. The number of fused-ring (bicyclic) bond motifs is 2. The van der Waals surface area contributed by atoms with Crippen LogP contribution in [0.5, 0.6) is 5.75 Å². The first kappa shape index (κ1) is 15.9. The number of aromatic amines is 1. The van der Waals surface area contributed by atoms with Crippen LogP contribution in [0, 0.1) is 0 Å². The number of hydrogen-bond donors (Lipinski definition) is 1. The summed E-state index contributed by atoms with van der Waals surface area (Å²) in [5.74, 6) is 1.25. The van der Waals surface area contributed by atoms with Crippen molar-refractivity contribution in [1.82, 2.24) is 15.1 Å². The van der Waals surface area contributed by atoms with Crippen LogP contribution in [0.15, 0.2) is 18.2 Å². The van der Waals surface area contributed by atoms with Gasteiger partial charge in [-0.1, -0.05) is 0 Å². The maximum absolute atomic E-state index is 13.1. The van der Waals surface area contributed by atoms with Gasteiger partial charge in [-0.05, 0) is 18.2 Å². The van der Waals surface area contributed by atoms with E-state index in [9.17, 15) is 13.6 Å². The zero-order valence-electron chi connectivity index (χ0n) is 13.8. The number of nitrogens with zero attached hydrogens (tertiary/aromatic N) is 3. The van der Waals surface area contributed by atoms with Gasteiger partial charge in [0.15, 0.2) is 5.82 Å². The van der Waals surface area contributed by atoms with E-state index in [1.807, 2.05) is 4.90 Å². The van der Waals surface area contributed by atoms with Gasteiger partial charge >= 0.3 is 0 Å². The number of anilines is 2. The lowest BCUT2D eigenvalue weighted by atomic mass is 10.1. The predicted molar refractivity (Wildman–Crippen MR) is 87.3 cm³/mol. The van der Waals surface area contributed by atoms with Crippen LogP contribution in [-0.2, 0) is 17.8 Å². The highest BCUT2D eigenvalue weighted by atomic mass is 19.3. The van der Waals surface area contributed by atoms with E-state index in [4.69, 9.17) is 4.74 Å². The third-order valence-electron chi connectivity index (χ3n) is 4.71. The van der Waals surface area contributed by atoms with E-state index in [1.165, 1.54) is 12.1 Å². The molecule has 0 atom stereocenters. The number of amides is 1. The molecule has 1 aromatic heterocycles. The molecule has 1 aromatic carbocycles. The fraction of sp³-hybridized carbons (Fsp3) is 0.412. The summed E-state index contributed by atoms with van der Waals surface area (Å²) >= 11 is 0. The van der Waals surface area contributed by atoms with Gasteiger partial charge in [-0.2, -0.15) is 5.10 Å². The first-order chi connectivity index (χ1) is 12.0. The van der Waals surface area contributed by atoms with Gasteiger partial charge in [0.2, 0.25) is 5.91 Å². The van der Waals surface area contributed by atoms with Crippen LogP contribution in [0.25, 0.3) is 0 Å². The summed E-state index contributed by atoms with van der Waals surface area (Å²) in [5, 5.41) is 7.44. The molecule has 0 aliphatic carbocycles. The highest BCUT2D eigenvalue weighted by molar-refractivity contribution is 5.75. The molecule has 132 valence electrons. The maximum Gasteiger partial charge on any atom is 0.263 e. The number of halogens is 2. The zero-order valence-corrected chi connectivity index (χ0v) is 13.8. The molecule has 3 heterocycles. The molecular weight excluding hydrogens is 330 g/mol. The number of ether oxygens (including phenoxy) is 1. The van der Waals surface area contributed by atoms with E-state index < -0.39 is 6.43 Å². The lowest BCUT2D eigenvalue weighted by Crippen LogP contribution is -2.35. The molecule has 0 saturated carbocycles. The summed E-state index contributed by atoms with van der Waals surface area (Å²) in [5.41, 5.74) is 2.46. The minimum Gasteiger partial charge on any atom is -0.490 e. The topological polar surface area (TPSA) is 61.5 Å². The molecule has 0 radical (unpaired) electrons. The molecule has 2 aromatic rings. The van der Waals surface area contributed by atoms with E-state index >= 15 is 0 Å². The monoisotopic (exact) mass is 348 g/mol. The standard InChI is InChI=1S/C17H18F2N4O2/c1-10(24)22-5-4-13-12(9-22)17(21-20-13)23-6-7-25-15-3-2-11(16(18)19)8-14(15)23/h2-3,8,16H,4-7,9H2,1H3,(H,20,21). The van der Waals surface area contributed by atoms with Crippen LogP contribution in [0.3, 0.4) is 0 Å². The number of rotatable bonds is 2. The van der Waals surface area contributed by atoms with Crippen molar-refractivity contribution in [2.45, 2.75) is 26.3 Å². The Morgan fingerprint density at radius 3 is 2.96 bits per heavy atom. The molecule has 0 spiro atoms. The van der Waals surface area contributed by atoms with Crippen LogP contribution in [0.4, 0.5) is 20.3 Å². The average molecular weight is 348 g/mol. The van der Waals surface area contributed by atoms with Crippen LogP contribution in [0.1, 0.15) is 30.2 Å². The van der Waals surface area contributed by atoms with E-state index in [1.54, 1.807) is 17.9 Å². The Balaban J connectivity index is 1.74. The van der Waals surface area contributed by atoms with Gasteiger partial charge in [-0.15, -0.1) is 0 Å². The summed E-state index contributed by atoms with van der Waals surface area (Å²) in [6, 6.07) is 4.40. The first-order valence-electron chi connectivity index (χ1n) is 8.18. The molecule has 2 aliphatic heterocycles. The first-order valence-corrected chi connectivity index (χ1v) is 8.18. The number of hydrogen-bond acceptors (Lipinski definition) is 4. The molecule has 0 unspecified atom stereocenters. The molecule has 0 bridgehead atoms. The number of aromatic nitrogens is 2. The van der Waals surface area contributed by atoms with Gasteiger partial charge in [0.1, 0.15) is 12.4 Å². The Morgan fingerprint density at radius 2 is 2.20 bits per heavy atom. The Bertz CT molecular complexity index is 821. The van der Waals surface area contributed by atoms with Crippen molar-refractivity contribution in [2.75, 3.05) is 24.6 Å². The van der Waals surface area contributed by atoms with Crippen LogP contribution >= 0.6 is 0 Å². The van der Waals surface area contributed by atoms with E-state index in [0.29, 0.717) is 49.9 Å². The predicted octanol–water partition coefficient (Wildman–Crippen LogP) is 2.78. The second-order valence-electron chi connectivity index (χ2n) is 6.22. The second-order valence-corrected chi connectivity index (χ2v) is 6.22.